The first-order valence-electron chi connectivity index (χ1n) is 5.96. The number of carbonyl (C=O) groups is 1. The van der Waals surface area contributed by atoms with Crippen molar-refractivity contribution in [1.82, 2.24) is 5.32 Å². The average Bonchev–Trinajstić information content (AvgIpc) is 2.28. The highest BCUT2D eigenvalue weighted by molar-refractivity contribution is 5.73. The SMILES string of the molecule is COC[C@H](Cc1ccc(OC)c(C)c1)NC(C)=O. The first-order valence-corrected chi connectivity index (χ1v) is 5.96. The molecule has 1 aromatic carbocycles. The van der Waals surface area contributed by atoms with Crippen LogP contribution in [0, 0.1) is 6.92 Å². The maximum atomic E-state index is 11.1. The van der Waals surface area contributed by atoms with Gasteiger partial charge in [0.25, 0.3) is 0 Å². The molecular weight excluding hydrogens is 230 g/mol. The number of aryl methyl sites for hydroxylation is 1. The number of carbonyl (C=O) groups excluding carboxylic acids is 1. The third-order valence-electron chi connectivity index (χ3n) is 2.72. The number of hydrogen-bond acceptors (Lipinski definition) is 3. The molecule has 0 unspecified atom stereocenters. The van der Waals surface area contributed by atoms with Gasteiger partial charge in [0.15, 0.2) is 0 Å². The Balaban J connectivity index is 2.73. The summed E-state index contributed by atoms with van der Waals surface area (Å²) < 4.78 is 10.3. The molecule has 0 aliphatic heterocycles. The molecule has 100 valence electrons. The van der Waals surface area contributed by atoms with Gasteiger partial charge in [-0.1, -0.05) is 12.1 Å². The van der Waals surface area contributed by atoms with E-state index in [9.17, 15) is 4.79 Å². The molecule has 0 heterocycles. The number of methoxy groups -OCH3 is 2. The highest BCUT2D eigenvalue weighted by atomic mass is 16.5. The van der Waals surface area contributed by atoms with E-state index in [1.54, 1.807) is 14.2 Å². The minimum Gasteiger partial charge on any atom is -0.496 e. The van der Waals surface area contributed by atoms with Gasteiger partial charge in [0.2, 0.25) is 5.91 Å². The number of rotatable bonds is 6. The third-order valence-corrected chi connectivity index (χ3v) is 2.72. The first kappa shape index (κ1) is 14.5. The van der Waals surface area contributed by atoms with Crippen LogP contribution in [0.3, 0.4) is 0 Å². The van der Waals surface area contributed by atoms with Crippen LogP contribution in [0.5, 0.6) is 5.75 Å². The second kappa shape index (κ2) is 7.01. The quantitative estimate of drug-likeness (QED) is 0.837. The Labute approximate surface area is 108 Å². The van der Waals surface area contributed by atoms with Crippen LogP contribution in [0.4, 0.5) is 0 Å². The smallest absolute Gasteiger partial charge is 0.217 e. The van der Waals surface area contributed by atoms with Crippen molar-refractivity contribution in [3.8, 4) is 5.75 Å². The van der Waals surface area contributed by atoms with E-state index in [-0.39, 0.29) is 11.9 Å². The van der Waals surface area contributed by atoms with Gasteiger partial charge in [-0.05, 0) is 30.5 Å². The molecule has 18 heavy (non-hydrogen) atoms. The van der Waals surface area contributed by atoms with Gasteiger partial charge in [0.1, 0.15) is 5.75 Å². The maximum absolute atomic E-state index is 11.1. The lowest BCUT2D eigenvalue weighted by atomic mass is 10.0. The molecule has 0 bridgehead atoms. The standard InChI is InChI=1S/C14H21NO3/c1-10-7-12(5-6-14(10)18-4)8-13(9-17-3)15-11(2)16/h5-7,13H,8-9H2,1-4H3,(H,15,16)/t13-/m0/s1. The van der Waals surface area contributed by atoms with Crippen molar-refractivity contribution >= 4 is 5.91 Å². The molecule has 1 aromatic rings. The molecule has 1 amide bonds. The maximum Gasteiger partial charge on any atom is 0.217 e. The number of nitrogens with one attached hydrogen (secondary N) is 1. The minimum atomic E-state index is -0.0396. The molecule has 0 spiro atoms. The Bertz CT molecular complexity index is 404. The number of ether oxygens (including phenoxy) is 2. The summed E-state index contributed by atoms with van der Waals surface area (Å²) in [4.78, 5) is 11.1. The Morgan fingerprint density at radius 3 is 2.61 bits per heavy atom. The van der Waals surface area contributed by atoms with E-state index in [4.69, 9.17) is 9.47 Å². The normalized spacial score (nSPS) is 12.0. The zero-order valence-corrected chi connectivity index (χ0v) is 11.4. The van der Waals surface area contributed by atoms with E-state index >= 15 is 0 Å². The van der Waals surface area contributed by atoms with Crippen LogP contribution >= 0.6 is 0 Å². The van der Waals surface area contributed by atoms with Gasteiger partial charge >= 0.3 is 0 Å². The molecule has 0 aliphatic carbocycles. The predicted molar refractivity (Wildman–Crippen MR) is 70.9 cm³/mol. The van der Waals surface area contributed by atoms with Crippen molar-refractivity contribution in [1.29, 1.82) is 0 Å². The molecule has 1 N–H and O–H groups in total. The zero-order chi connectivity index (χ0) is 13.5. The fourth-order valence-corrected chi connectivity index (χ4v) is 1.99. The summed E-state index contributed by atoms with van der Waals surface area (Å²) >= 11 is 0. The van der Waals surface area contributed by atoms with Gasteiger partial charge in [0.05, 0.1) is 19.8 Å². The monoisotopic (exact) mass is 251 g/mol. The average molecular weight is 251 g/mol. The van der Waals surface area contributed by atoms with E-state index < -0.39 is 0 Å². The second-order valence-corrected chi connectivity index (χ2v) is 4.36. The van der Waals surface area contributed by atoms with E-state index in [0.29, 0.717) is 6.61 Å². The summed E-state index contributed by atoms with van der Waals surface area (Å²) in [6.07, 6.45) is 0.748. The summed E-state index contributed by atoms with van der Waals surface area (Å²) in [6, 6.07) is 6.03. The molecule has 0 saturated carbocycles. The van der Waals surface area contributed by atoms with Gasteiger partial charge in [-0.2, -0.15) is 0 Å². The molecule has 4 heteroatoms. The fourth-order valence-electron chi connectivity index (χ4n) is 1.99. The Morgan fingerprint density at radius 2 is 2.11 bits per heavy atom. The molecule has 4 nitrogen and oxygen atoms in total. The molecule has 1 rings (SSSR count). The summed E-state index contributed by atoms with van der Waals surface area (Å²) in [7, 11) is 3.29. The van der Waals surface area contributed by atoms with Crippen LogP contribution < -0.4 is 10.1 Å². The lowest BCUT2D eigenvalue weighted by molar-refractivity contribution is -0.120. The van der Waals surface area contributed by atoms with Crippen LogP contribution in [-0.2, 0) is 16.0 Å². The van der Waals surface area contributed by atoms with E-state index in [0.717, 1.165) is 23.3 Å². The summed E-state index contributed by atoms with van der Waals surface area (Å²) in [5.74, 6) is 0.837. The Kier molecular flexibility index (Phi) is 5.65. The van der Waals surface area contributed by atoms with Crippen molar-refractivity contribution in [2.45, 2.75) is 26.3 Å². The highest BCUT2D eigenvalue weighted by Gasteiger charge is 2.11. The Hall–Kier alpha value is -1.55. The number of benzene rings is 1. The van der Waals surface area contributed by atoms with Gasteiger partial charge in [0, 0.05) is 14.0 Å². The van der Waals surface area contributed by atoms with Crippen molar-refractivity contribution in [2.24, 2.45) is 0 Å². The summed E-state index contributed by atoms with van der Waals surface area (Å²) in [5.41, 5.74) is 2.25. The molecule has 0 aliphatic rings. The number of hydrogen-bond donors (Lipinski definition) is 1. The predicted octanol–water partition coefficient (Wildman–Crippen LogP) is 1.70. The highest BCUT2D eigenvalue weighted by Crippen LogP contribution is 2.19. The molecule has 0 saturated heterocycles. The molecule has 0 radical (unpaired) electrons. The Morgan fingerprint density at radius 1 is 1.39 bits per heavy atom. The van der Waals surface area contributed by atoms with E-state index in [2.05, 4.69) is 11.4 Å². The fraction of sp³-hybridized carbons (Fsp3) is 0.500. The molecule has 1 atom stereocenters. The summed E-state index contributed by atoms with van der Waals surface area (Å²) in [6.45, 7) is 4.03. The van der Waals surface area contributed by atoms with Gasteiger partial charge in [-0.15, -0.1) is 0 Å². The molecular formula is C14H21NO3. The van der Waals surface area contributed by atoms with Crippen molar-refractivity contribution < 1.29 is 14.3 Å². The van der Waals surface area contributed by atoms with Crippen molar-refractivity contribution in [3.63, 3.8) is 0 Å². The topological polar surface area (TPSA) is 47.6 Å². The number of amides is 1. The molecule has 0 aromatic heterocycles. The van der Waals surface area contributed by atoms with Gasteiger partial charge in [-0.25, -0.2) is 0 Å². The summed E-state index contributed by atoms with van der Waals surface area (Å²) in [5, 5.41) is 2.88. The van der Waals surface area contributed by atoms with Crippen LogP contribution in [0.1, 0.15) is 18.1 Å². The lowest BCUT2D eigenvalue weighted by Gasteiger charge is -2.17. The van der Waals surface area contributed by atoms with Gasteiger partial charge < -0.3 is 14.8 Å². The minimum absolute atomic E-state index is 0.000273. The lowest BCUT2D eigenvalue weighted by Crippen LogP contribution is -2.38. The van der Waals surface area contributed by atoms with Crippen molar-refractivity contribution in [3.05, 3.63) is 29.3 Å². The van der Waals surface area contributed by atoms with Crippen LogP contribution in [0.25, 0.3) is 0 Å². The largest absolute Gasteiger partial charge is 0.496 e. The van der Waals surface area contributed by atoms with Crippen LogP contribution in [-0.4, -0.2) is 32.8 Å². The van der Waals surface area contributed by atoms with Crippen molar-refractivity contribution in [2.75, 3.05) is 20.8 Å². The van der Waals surface area contributed by atoms with Crippen LogP contribution in [0.15, 0.2) is 18.2 Å². The van der Waals surface area contributed by atoms with E-state index in [1.165, 1.54) is 6.92 Å². The third kappa shape index (κ3) is 4.37. The molecule has 0 fully saturated rings. The second-order valence-electron chi connectivity index (χ2n) is 4.36. The van der Waals surface area contributed by atoms with Crippen LogP contribution in [0.2, 0.25) is 0 Å². The zero-order valence-electron chi connectivity index (χ0n) is 11.4. The van der Waals surface area contributed by atoms with Gasteiger partial charge in [-0.3, -0.25) is 4.79 Å². The van der Waals surface area contributed by atoms with E-state index in [1.807, 2.05) is 19.1 Å². The first-order chi connectivity index (χ1) is 8.56.